The van der Waals surface area contributed by atoms with Gasteiger partial charge in [-0.2, -0.15) is 5.10 Å². The molecule has 0 saturated heterocycles. The molecule has 0 aliphatic carbocycles. The van der Waals surface area contributed by atoms with E-state index in [0.717, 1.165) is 0 Å². The van der Waals surface area contributed by atoms with Crippen molar-refractivity contribution in [3.8, 4) is 0 Å². The van der Waals surface area contributed by atoms with E-state index >= 15 is 0 Å². The van der Waals surface area contributed by atoms with E-state index in [4.69, 9.17) is 0 Å². The second kappa shape index (κ2) is 6.33. The van der Waals surface area contributed by atoms with Crippen LogP contribution in [0.3, 0.4) is 0 Å². The van der Waals surface area contributed by atoms with Gasteiger partial charge in [-0.25, -0.2) is 14.6 Å². The van der Waals surface area contributed by atoms with E-state index in [1.807, 2.05) is 13.8 Å². The molecule has 0 atom stereocenters. The van der Waals surface area contributed by atoms with Gasteiger partial charge in [0.15, 0.2) is 5.16 Å². The molecule has 0 radical (unpaired) electrons. The molecule has 7 heteroatoms. The van der Waals surface area contributed by atoms with E-state index in [0.29, 0.717) is 11.0 Å². The predicted octanol–water partition coefficient (Wildman–Crippen LogP) is 1.98. The van der Waals surface area contributed by atoms with E-state index in [9.17, 15) is 4.79 Å². The summed E-state index contributed by atoms with van der Waals surface area (Å²) in [6, 6.07) is 3.72. The zero-order valence-electron chi connectivity index (χ0n) is 10.8. The van der Waals surface area contributed by atoms with Crippen molar-refractivity contribution >= 4 is 23.5 Å². The molecular weight excluding hydrogens is 262 g/mol. The molecule has 0 unspecified atom stereocenters. The molecular formula is C12H15N5OS. The number of carbonyl (C=O) groups is 1. The van der Waals surface area contributed by atoms with Crippen LogP contribution in [0, 0.1) is 0 Å². The van der Waals surface area contributed by atoms with Crippen molar-refractivity contribution in [2.24, 2.45) is 0 Å². The minimum Gasteiger partial charge on any atom is -0.310 e. The summed E-state index contributed by atoms with van der Waals surface area (Å²) in [6.07, 6.45) is 4.98. The van der Waals surface area contributed by atoms with E-state index in [-0.39, 0.29) is 17.7 Å². The number of hydrogen-bond acceptors (Lipinski definition) is 5. The fourth-order valence-electron chi connectivity index (χ4n) is 1.49. The maximum Gasteiger partial charge on any atom is 0.235 e. The largest absolute Gasteiger partial charge is 0.310 e. The maximum atomic E-state index is 11.8. The summed E-state index contributed by atoms with van der Waals surface area (Å²) in [4.78, 5) is 19.9. The Kier molecular flexibility index (Phi) is 4.51. The van der Waals surface area contributed by atoms with E-state index in [1.54, 1.807) is 35.4 Å². The van der Waals surface area contributed by atoms with Crippen molar-refractivity contribution in [2.75, 3.05) is 11.1 Å². The average Bonchev–Trinajstić information content (AvgIpc) is 2.86. The molecule has 0 aliphatic rings. The number of carbonyl (C=O) groups excluding carboxylic acids is 1. The first kappa shape index (κ1) is 13.5. The monoisotopic (exact) mass is 277 g/mol. The number of hydrogen-bond donors (Lipinski definition) is 1. The third-order valence-corrected chi connectivity index (χ3v) is 3.18. The standard InChI is InChI=1S/C12H15N5OS/c1-9(2)17-10(4-7-15-17)16-11(18)8-19-12-13-5-3-6-14-12/h3-7,9H,8H2,1-2H3,(H,16,18). The molecule has 1 N–H and O–H groups in total. The van der Waals surface area contributed by atoms with E-state index in [1.165, 1.54) is 11.8 Å². The van der Waals surface area contributed by atoms with Crippen molar-refractivity contribution < 1.29 is 4.79 Å². The molecule has 2 heterocycles. The van der Waals surface area contributed by atoms with Crippen LogP contribution in [0.4, 0.5) is 5.82 Å². The van der Waals surface area contributed by atoms with Crippen molar-refractivity contribution in [1.29, 1.82) is 0 Å². The Morgan fingerprint density at radius 2 is 2.11 bits per heavy atom. The van der Waals surface area contributed by atoms with Gasteiger partial charge in [-0.3, -0.25) is 4.79 Å². The first-order valence-corrected chi connectivity index (χ1v) is 6.88. The Morgan fingerprint density at radius 3 is 2.79 bits per heavy atom. The number of nitrogens with one attached hydrogen (secondary N) is 1. The van der Waals surface area contributed by atoms with E-state index in [2.05, 4.69) is 20.4 Å². The highest BCUT2D eigenvalue weighted by atomic mass is 32.2. The molecule has 0 spiro atoms. The lowest BCUT2D eigenvalue weighted by Gasteiger charge is -2.11. The maximum absolute atomic E-state index is 11.8. The number of thioether (sulfide) groups is 1. The summed E-state index contributed by atoms with van der Waals surface area (Å²) < 4.78 is 1.77. The highest BCUT2D eigenvalue weighted by molar-refractivity contribution is 7.99. The summed E-state index contributed by atoms with van der Waals surface area (Å²) in [7, 11) is 0. The van der Waals surface area contributed by atoms with Gasteiger partial charge in [0.25, 0.3) is 0 Å². The summed E-state index contributed by atoms with van der Waals surface area (Å²) in [5, 5.41) is 7.58. The summed E-state index contributed by atoms with van der Waals surface area (Å²) >= 11 is 1.30. The molecule has 19 heavy (non-hydrogen) atoms. The lowest BCUT2D eigenvalue weighted by atomic mass is 10.4. The van der Waals surface area contributed by atoms with Crippen LogP contribution in [-0.4, -0.2) is 31.4 Å². The molecule has 100 valence electrons. The van der Waals surface area contributed by atoms with Crippen LogP contribution in [0.2, 0.25) is 0 Å². The zero-order chi connectivity index (χ0) is 13.7. The van der Waals surface area contributed by atoms with Gasteiger partial charge in [-0.1, -0.05) is 11.8 Å². The molecule has 0 aromatic carbocycles. The third-order valence-electron chi connectivity index (χ3n) is 2.30. The minimum atomic E-state index is -0.0974. The lowest BCUT2D eigenvalue weighted by Crippen LogP contribution is -2.18. The number of amides is 1. The normalized spacial score (nSPS) is 10.7. The molecule has 6 nitrogen and oxygen atoms in total. The van der Waals surface area contributed by atoms with Gasteiger partial charge in [-0.15, -0.1) is 0 Å². The predicted molar refractivity (Wildman–Crippen MR) is 74.0 cm³/mol. The number of aromatic nitrogens is 4. The smallest absolute Gasteiger partial charge is 0.235 e. The zero-order valence-corrected chi connectivity index (χ0v) is 11.6. The van der Waals surface area contributed by atoms with Crippen molar-refractivity contribution in [3.05, 3.63) is 30.7 Å². The Bertz CT molecular complexity index is 540. The molecule has 0 aliphatic heterocycles. The van der Waals surface area contributed by atoms with Crippen LogP contribution in [0.25, 0.3) is 0 Å². The van der Waals surface area contributed by atoms with Crippen molar-refractivity contribution in [3.63, 3.8) is 0 Å². The molecule has 2 aromatic rings. The van der Waals surface area contributed by atoms with Crippen LogP contribution in [-0.2, 0) is 4.79 Å². The van der Waals surface area contributed by atoms with Crippen molar-refractivity contribution in [1.82, 2.24) is 19.7 Å². The average molecular weight is 277 g/mol. The quantitative estimate of drug-likeness (QED) is 0.668. The van der Waals surface area contributed by atoms with E-state index < -0.39 is 0 Å². The molecule has 0 saturated carbocycles. The number of nitrogens with zero attached hydrogens (tertiary/aromatic N) is 4. The van der Waals surface area contributed by atoms with Gasteiger partial charge in [0, 0.05) is 24.5 Å². The fourth-order valence-corrected chi connectivity index (χ4v) is 2.10. The SMILES string of the molecule is CC(C)n1nccc1NC(=O)CSc1ncccn1. The highest BCUT2D eigenvalue weighted by Crippen LogP contribution is 2.15. The molecule has 1 amide bonds. The summed E-state index contributed by atoms with van der Waals surface area (Å²) in [5.74, 6) is 0.877. The Hall–Kier alpha value is -1.89. The topological polar surface area (TPSA) is 72.7 Å². The summed E-state index contributed by atoms with van der Waals surface area (Å²) in [6.45, 7) is 4.02. The second-order valence-electron chi connectivity index (χ2n) is 4.12. The van der Waals surface area contributed by atoms with Gasteiger partial charge in [0.1, 0.15) is 5.82 Å². The van der Waals surface area contributed by atoms with Crippen LogP contribution in [0.15, 0.2) is 35.9 Å². The molecule has 2 rings (SSSR count). The Morgan fingerprint density at radius 1 is 1.37 bits per heavy atom. The van der Waals surface area contributed by atoms with Gasteiger partial charge in [0.05, 0.1) is 11.9 Å². The third kappa shape index (κ3) is 3.78. The molecule has 2 aromatic heterocycles. The van der Waals surface area contributed by atoms with Gasteiger partial charge < -0.3 is 5.32 Å². The first-order valence-electron chi connectivity index (χ1n) is 5.90. The van der Waals surface area contributed by atoms with Crippen LogP contribution in [0.5, 0.6) is 0 Å². The molecule has 0 fully saturated rings. The van der Waals surface area contributed by atoms with Crippen LogP contribution >= 0.6 is 11.8 Å². The lowest BCUT2D eigenvalue weighted by molar-refractivity contribution is -0.113. The second-order valence-corrected chi connectivity index (χ2v) is 5.07. The van der Waals surface area contributed by atoms with Crippen molar-refractivity contribution in [2.45, 2.75) is 25.0 Å². The van der Waals surface area contributed by atoms with Crippen LogP contribution in [0.1, 0.15) is 19.9 Å². The molecule has 0 bridgehead atoms. The Balaban J connectivity index is 1.89. The fraction of sp³-hybridized carbons (Fsp3) is 0.333. The Labute approximate surface area is 115 Å². The highest BCUT2D eigenvalue weighted by Gasteiger charge is 2.10. The number of rotatable bonds is 5. The van der Waals surface area contributed by atoms with Gasteiger partial charge in [0.2, 0.25) is 5.91 Å². The summed E-state index contributed by atoms with van der Waals surface area (Å²) in [5.41, 5.74) is 0. The first-order chi connectivity index (χ1) is 9.16. The van der Waals surface area contributed by atoms with Gasteiger partial charge in [-0.05, 0) is 19.9 Å². The number of anilines is 1. The van der Waals surface area contributed by atoms with Gasteiger partial charge >= 0.3 is 0 Å². The minimum absolute atomic E-state index is 0.0974. The van der Waals surface area contributed by atoms with Crippen LogP contribution < -0.4 is 5.32 Å².